The topological polar surface area (TPSA) is 78.1 Å². The zero-order chi connectivity index (χ0) is 13.2. The fourth-order valence-corrected chi connectivity index (χ4v) is 1.85. The number of furan rings is 1. The van der Waals surface area contributed by atoms with Crippen LogP contribution in [0.1, 0.15) is 11.3 Å². The number of aryl methyl sites for hydroxylation is 1. The summed E-state index contributed by atoms with van der Waals surface area (Å²) >= 11 is 0. The summed E-state index contributed by atoms with van der Waals surface area (Å²) in [4.78, 5) is 4.37. The van der Waals surface area contributed by atoms with Crippen LogP contribution in [0.4, 0.5) is 0 Å². The summed E-state index contributed by atoms with van der Waals surface area (Å²) in [6.07, 6.45) is 1.61. The van der Waals surface area contributed by atoms with Crippen molar-refractivity contribution in [2.45, 2.75) is 13.5 Å². The van der Waals surface area contributed by atoms with E-state index in [0.717, 1.165) is 22.5 Å². The van der Waals surface area contributed by atoms with Gasteiger partial charge < -0.3 is 14.7 Å². The van der Waals surface area contributed by atoms with Gasteiger partial charge in [-0.25, -0.2) is 0 Å². The molecule has 0 fully saturated rings. The zero-order valence-electron chi connectivity index (χ0n) is 10.5. The van der Waals surface area contributed by atoms with Crippen molar-refractivity contribution in [2.24, 2.45) is 5.73 Å². The molecule has 96 valence electrons. The molecule has 0 atom stereocenters. The van der Waals surface area contributed by atoms with E-state index < -0.39 is 0 Å². The van der Waals surface area contributed by atoms with Gasteiger partial charge in [-0.1, -0.05) is 17.3 Å². The zero-order valence-corrected chi connectivity index (χ0v) is 10.5. The van der Waals surface area contributed by atoms with Crippen molar-refractivity contribution >= 4 is 0 Å². The highest BCUT2D eigenvalue weighted by Crippen LogP contribution is 2.25. The van der Waals surface area contributed by atoms with Crippen molar-refractivity contribution in [2.75, 3.05) is 0 Å². The molecule has 0 aliphatic carbocycles. The summed E-state index contributed by atoms with van der Waals surface area (Å²) < 4.78 is 10.5. The number of hydrogen-bond acceptors (Lipinski definition) is 5. The van der Waals surface area contributed by atoms with Gasteiger partial charge >= 0.3 is 0 Å². The van der Waals surface area contributed by atoms with Gasteiger partial charge in [-0.15, -0.1) is 0 Å². The van der Waals surface area contributed by atoms with Gasteiger partial charge in [0.25, 0.3) is 5.89 Å². The van der Waals surface area contributed by atoms with E-state index in [1.807, 2.05) is 37.3 Å². The van der Waals surface area contributed by atoms with Gasteiger partial charge in [0.1, 0.15) is 5.76 Å². The van der Waals surface area contributed by atoms with Gasteiger partial charge in [-0.3, -0.25) is 0 Å². The third kappa shape index (κ3) is 2.15. The molecule has 0 bridgehead atoms. The van der Waals surface area contributed by atoms with E-state index in [-0.39, 0.29) is 0 Å². The second-order valence-corrected chi connectivity index (χ2v) is 4.21. The number of nitrogens with zero attached hydrogens (tertiary/aromatic N) is 2. The van der Waals surface area contributed by atoms with Crippen molar-refractivity contribution in [1.82, 2.24) is 10.1 Å². The van der Waals surface area contributed by atoms with Crippen LogP contribution < -0.4 is 5.73 Å². The van der Waals surface area contributed by atoms with Crippen molar-refractivity contribution in [1.29, 1.82) is 0 Å². The van der Waals surface area contributed by atoms with Crippen LogP contribution in [0.25, 0.3) is 22.8 Å². The maximum Gasteiger partial charge on any atom is 0.258 e. The molecule has 1 aromatic carbocycles. The number of aromatic nitrogens is 2. The Bertz CT molecular complexity index is 683. The molecule has 2 heterocycles. The van der Waals surface area contributed by atoms with Crippen LogP contribution >= 0.6 is 0 Å². The van der Waals surface area contributed by atoms with Crippen LogP contribution in [-0.4, -0.2) is 10.1 Å². The van der Waals surface area contributed by atoms with Crippen LogP contribution in [0.15, 0.2) is 45.5 Å². The Hall–Kier alpha value is -2.40. The van der Waals surface area contributed by atoms with Crippen LogP contribution in [0.3, 0.4) is 0 Å². The van der Waals surface area contributed by atoms with Crippen molar-refractivity contribution in [3.8, 4) is 22.8 Å². The molecular formula is C14H13N3O2. The molecule has 0 saturated carbocycles. The Balaban J connectivity index is 1.94. The second-order valence-electron chi connectivity index (χ2n) is 4.21. The van der Waals surface area contributed by atoms with Gasteiger partial charge in [-0.2, -0.15) is 4.98 Å². The monoisotopic (exact) mass is 255 g/mol. The number of benzene rings is 1. The van der Waals surface area contributed by atoms with E-state index >= 15 is 0 Å². The lowest BCUT2D eigenvalue weighted by molar-refractivity contribution is 0.432. The van der Waals surface area contributed by atoms with E-state index in [9.17, 15) is 0 Å². The molecule has 0 amide bonds. The summed E-state index contributed by atoms with van der Waals surface area (Å²) in [6, 6.07) is 9.55. The average Bonchev–Trinajstić information content (AvgIpc) is 3.07. The highest BCUT2D eigenvalue weighted by molar-refractivity contribution is 5.61. The van der Waals surface area contributed by atoms with Crippen molar-refractivity contribution < 1.29 is 8.94 Å². The maximum absolute atomic E-state index is 5.56. The Labute approximate surface area is 110 Å². The first-order chi connectivity index (χ1) is 9.28. The Morgan fingerprint density at radius 1 is 1.16 bits per heavy atom. The fourth-order valence-electron chi connectivity index (χ4n) is 1.85. The van der Waals surface area contributed by atoms with Gasteiger partial charge in [0, 0.05) is 12.1 Å². The molecule has 0 aliphatic heterocycles. The Kier molecular flexibility index (Phi) is 2.89. The minimum atomic E-state index is 0.485. The summed E-state index contributed by atoms with van der Waals surface area (Å²) in [5.74, 6) is 1.79. The number of rotatable bonds is 3. The molecule has 2 N–H and O–H groups in total. The largest absolute Gasteiger partial charge is 0.469 e. The standard InChI is InChI=1S/C14H13N3O2/c1-9-12(6-7-18-9)13-16-14(19-17-13)11-4-2-10(8-15)3-5-11/h2-7H,8,15H2,1H3. The first-order valence-electron chi connectivity index (χ1n) is 5.95. The van der Waals surface area contributed by atoms with E-state index in [1.165, 1.54) is 0 Å². The van der Waals surface area contributed by atoms with Gasteiger partial charge in [-0.05, 0) is 30.7 Å². The van der Waals surface area contributed by atoms with E-state index in [0.29, 0.717) is 18.3 Å². The molecule has 5 nitrogen and oxygen atoms in total. The van der Waals surface area contributed by atoms with Crippen LogP contribution in [0, 0.1) is 6.92 Å². The predicted octanol–water partition coefficient (Wildman–Crippen LogP) is 2.76. The molecule has 0 aliphatic rings. The van der Waals surface area contributed by atoms with E-state index in [2.05, 4.69) is 10.1 Å². The molecule has 0 saturated heterocycles. The van der Waals surface area contributed by atoms with Gasteiger partial charge in [0.2, 0.25) is 5.82 Å². The third-order valence-corrected chi connectivity index (χ3v) is 2.96. The maximum atomic E-state index is 5.56. The molecule has 5 heteroatoms. The summed E-state index contributed by atoms with van der Waals surface area (Å²) in [6.45, 7) is 2.38. The summed E-state index contributed by atoms with van der Waals surface area (Å²) in [5.41, 5.74) is 8.34. The van der Waals surface area contributed by atoms with Gasteiger partial charge in [0.15, 0.2) is 0 Å². The summed E-state index contributed by atoms with van der Waals surface area (Å²) in [5, 5.41) is 3.97. The molecule has 0 radical (unpaired) electrons. The van der Waals surface area contributed by atoms with Crippen LogP contribution in [0.2, 0.25) is 0 Å². The second kappa shape index (κ2) is 4.70. The SMILES string of the molecule is Cc1occc1-c1noc(-c2ccc(CN)cc2)n1. The minimum Gasteiger partial charge on any atom is -0.469 e. The normalized spacial score (nSPS) is 10.8. The lowest BCUT2D eigenvalue weighted by atomic mass is 10.1. The third-order valence-electron chi connectivity index (χ3n) is 2.96. The average molecular weight is 255 g/mol. The smallest absolute Gasteiger partial charge is 0.258 e. The first kappa shape index (κ1) is 11.7. The molecule has 3 aromatic rings. The minimum absolute atomic E-state index is 0.485. The number of nitrogens with two attached hydrogens (primary N) is 1. The quantitative estimate of drug-likeness (QED) is 0.778. The Morgan fingerprint density at radius 3 is 2.58 bits per heavy atom. The molecule has 3 rings (SSSR count). The fraction of sp³-hybridized carbons (Fsp3) is 0.143. The number of hydrogen-bond donors (Lipinski definition) is 1. The molecular weight excluding hydrogens is 242 g/mol. The highest BCUT2D eigenvalue weighted by Gasteiger charge is 2.13. The Morgan fingerprint density at radius 2 is 1.95 bits per heavy atom. The van der Waals surface area contributed by atoms with E-state index in [4.69, 9.17) is 14.7 Å². The molecule has 0 spiro atoms. The first-order valence-corrected chi connectivity index (χ1v) is 5.95. The van der Waals surface area contributed by atoms with Crippen LogP contribution in [-0.2, 0) is 6.54 Å². The van der Waals surface area contributed by atoms with Crippen molar-refractivity contribution in [3.63, 3.8) is 0 Å². The lowest BCUT2D eigenvalue weighted by Gasteiger charge is -1.97. The predicted molar refractivity (Wildman–Crippen MR) is 70.1 cm³/mol. The van der Waals surface area contributed by atoms with Gasteiger partial charge in [0.05, 0.1) is 11.8 Å². The highest BCUT2D eigenvalue weighted by atomic mass is 16.5. The van der Waals surface area contributed by atoms with E-state index in [1.54, 1.807) is 6.26 Å². The van der Waals surface area contributed by atoms with Crippen molar-refractivity contribution in [3.05, 3.63) is 47.9 Å². The molecule has 0 unspecified atom stereocenters. The van der Waals surface area contributed by atoms with Crippen LogP contribution in [0.5, 0.6) is 0 Å². The summed E-state index contributed by atoms with van der Waals surface area (Å²) in [7, 11) is 0. The molecule has 19 heavy (non-hydrogen) atoms. The molecule has 2 aromatic heterocycles. The lowest BCUT2D eigenvalue weighted by Crippen LogP contribution is -1.95.